The van der Waals surface area contributed by atoms with Crippen LogP contribution in [-0.4, -0.2) is 28.6 Å². The second-order valence-electron chi connectivity index (χ2n) is 6.36. The third-order valence-corrected chi connectivity index (χ3v) is 5.03. The van der Waals surface area contributed by atoms with E-state index in [1.165, 1.54) is 11.8 Å². The molecule has 0 bridgehead atoms. The van der Waals surface area contributed by atoms with Crippen LogP contribution in [0.2, 0.25) is 0 Å². The first-order valence-corrected chi connectivity index (χ1v) is 10.00. The Morgan fingerprint density at radius 2 is 1.86 bits per heavy atom. The van der Waals surface area contributed by atoms with Crippen LogP contribution in [0.15, 0.2) is 57.9 Å². The van der Waals surface area contributed by atoms with Crippen molar-refractivity contribution in [1.29, 1.82) is 0 Å². The lowest BCUT2D eigenvalue weighted by atomic mass is 10.1. The first kappa shape index (κ1) is 20.6. The molecular formula is C21H21N3O4S. The highest BCUT2D eigenvalue weighted by Gasteiger charge is 2.15. The molecule has 0 aliphatic heterocycles. The van der Waals surface area contributed by atoms with Gasteiger partial charge in [-0.3, -0.25) is 4.79 Å². The number of rotatable bonds is 8. The van der Waals surface area contributed by atoms with E-state index in [2.05, 4.69) is 15.5 Å². The van der Waals surface area contributed by atoms with Gasteiger partial charge in [0, 0.05) is 11.4 Å². The number of hydrogen-bond donors (Lipinski definition) is 1. The van der Waals surface area contributed by atoms with E-state index in [0.29, 0.717) is 34.5 Å². The third-order valence-electron chi connectivity index (χ3n) is 3.97. The van der Waals surface area contributed by atoms with Crippen LogP contribution < -0.4 is 5.32 Å². The van der Waals surface area contributed by atoms with Gasteiger partial charge in [-0.1, -0.05) is 47.1 Å². The summed E-state index contributed by atoms with van der Waals surface area (Å²) in [7, 11) is 0. The molecular weight excluding hydrogens is 390 g/mol. The van der Waals surface area contributed by atoms with Gasteiger partial charge in [-0.2, -0.15) is 4.98 Å². The number of benzene rings is 2. The Kier molecular flexibility index (Phi) is 7.02. The standard InChI is InChI=1S/C21H21N3O4S/c1-14-7-9-16(10-8-14)11-22-19(25)12-27-21(26)17-5-3-4-6-18(17)29-13-20-23-15(2)24-28-20/h3-10H,11-13H2,1-2H3,(H,22,25). The molecule has 29 heavy (non-hydrogen) atoms. The summed E-state index contributed by atoms with van der Waals surface area (Å²) in [4.78, 5) is 29.3. The van der Waals surface area contributed by atoms with Gasteiger partial charge in [0.25, 0.3) is 5.91 Å². The Hall–Kier alpha value is -3.13. The number of nitrogens with zero attached hydrogens (tertiary/aromatic N) is 2. The number of carbonyl (C=O) groups excluding carboxylic acids is 2. The Balaban J connectivity index is 1.50. The molecule has 0 spiro atoms. The van der Waals surface area contributed by atoms with Gasteiger partial charge in [0.05, 0.1) is 11.3 Å². The number of aromatic nitrogens is 2. The van der Waals surface area contributed by atoms with Crippen LogP contribution in [0.1, 0.15) is 33.2 Å². The van der Waals surface area contributed by atoms with Crippen LogP contribution in [0.25, 0.3) is 0 Å². The number of ether oxygens (including phenoxy) is 1. The molecule has 1 N–H and O–H groups in total. The van der Waals surface area contributed by atoms with Crippen LogP contribution in [0, 0.1) is 13.8 Å². The maximum atomic E-state index is 12.4. The second kappa shape index (κ2) is 9.88. The van der Waals surface area contributed by atoms with Crippen LogP contribution in [0.4, 0.5) is 0 Å². The monoisotopic (exact) mass is 411 g/mol. The molecule has 8 heteroatoms. The molecule has 150 valence electrons. The van der Waals surface area contributed by atoms with Crippen molar-refractivity contribution >= 4 is 23.6 Å². The van der Waals surface area contributed by atoms with Crippen LogP contribution >= 0.6 is 11.8 Å². The van der Waals surface area contributed by atoms with Crippen molar-refractivity contribution < 1.29 is 18.8 Å². The number of aryl methyl sites for hydroxylation is 2. The summed E-state index contributed by atoms with van der Waals surface area (Å²) in [5, 5.41) is 6.48. The highest BCUT2D eigenvalue weighted by molar-refractivity contribution is 7.98. The lowest BCUT2D eigenvalue weighted by Crippen LogP contribution is -2.28. The smallest absolute Gasteiger partial charge is 0.339 e. The summed E-state index contributed by atoms with van der Waals surface area (Å²) in [5.41, 5.74) is 2.52. The van der Waals surface area contributed by atoms with Crippen molar-refractivity contribution in [2.24, 2.45) is 0 Å². The minimum Gasteiger partial charge on any atom is -0.452 e. The minimum atomic E-state index is -0.555. The zero-order valence-electron chi connectivity index (χ0n) is 16.2. The summed E-state index contributed by atoms with van der Waals surface area (Å²) in [6.07, 6.45) is 0. The quantitative estimate of drug-likeness (QED) is 0.448. The Bertz CT molecular complexity index is 986. The lowest BCUT2D eigenvalue weighted by molar-refractivity contribution is -0.124. The van der Waals surface area contributed by atoms with Crippen molar-refractivity contribution in [3.63, 3.8) is 0 Å². The van der Waals surface area contributed by atoms with E-state index in [4.69, 9.17) is 9.26 Å². The average Bonchev–Trinajstić information content (AvgIpc) is 3.15. The van der Waals surface area contributed by atoms with Gasteiger partial charge < -0.3 is 14.6 Å². The van der Waals surface area contributed by atoms with Gasteiger partial charge in [-0.25, -0.2) is 4.79 Å². The van der Waals surface area contributed by atoms with E-state index < -0.39 is 5.97 Å². The van der Waals surface area contributed by atoms with E-state index >= 15 is 0 Å². The Morgan fingerprint density at radius 3 is 2.59 bits per heavy atom. The van der Waals surface area contributed by atoms with Gasteiger partial charge in [-0.05, 0) is 31.5 Å². The molecule has 0 atom stereocenters. The number of nitrogens with one attached hydrogen (secondary N) is 1. The van der Waals surface area contributed by atoms with E-state index in [-0.39, 0.29) is 12.5 Å². The Morgan fingerprint density at radius 1 is 1.10 bits per heavy atom. The van der Waals surface area contributed by atoms with Crippen molar-refractivity contribution in [3.8, 4) is 0 Å². The molecule has 3 aromatic rings. The van der Waals surface area contributed by atoms with Gasteiger partial charge in [0.2, 0.25) is 5.89 Å². The highest BCUT2D eigenvalue weighted by Crippen LogP contribution is 2.26. The number of hydrogen-bond acceptors (Lipinski definition) is 7. The molecule has 0 fully saturated rings. The molecule has 3 rings (SSSR count). The third kappa shape index (κ3) is 6.18. The van der Waals surface area contributed by atoms with Gasteiger partial charge in [0.15, 0.2) is 12.4 Å². The normalized spacial score (nSPS) is 10.6. The summed E-state index contributed by atoms with van der Waals surface area (Å²) in [6, 6.07) is 14.9. The van der Waals surface area contributed by atoms with Crippen LogP contribution in [0.3, 0.4) is 0 Å². The predicted octanol–water partition coefficient (Wildman–Crippen LogP) is 3.45. The van der Waals surface area contributed by atoms with E-state index in [0.717, 1.165) is 11.1 Å². The van der Waals surface area contributed by atoms with Crippen molar-refractivity contribution in [2.45, 2.75) is 31.0 Å². The molecule has 1 amide bonds. The zero-order valence-corrected chi connectivity index (χ0v) is 17.0. The molecule has 2 aromatic carbocycles. The molecule has 0 saturated carbocycles. The molecule has 7 nitrogen and oxygen atoms in total. The summed E-state index contributed by atoms with van der Waals surface area (Å²) >= 11 is 1.39. The van der Waals surface area contributed by atoms with E-state index in [1.807, 2.05) is 43.3 Å². The lowest BCUT2D eigenvalue weighted by Gasteiger charge is -2.09. The number of carbonyl (C=O) groups is 2. The first-order valence-electron chi connectivity index (χ1n) is 9.01. The number of thioether (sulfide) groups is 1. The summed E-state index contributed by atoms with van der Waals surface area (Å²) in [6.45, 7) is 3.78. The topological polar surface area (TPSA) is 94.3 Å². The largest absolute Gasteiger partial charge is 0.452 e. The molecule has 1 heterocycles. The molecule has 0 unspecified atom stereocenters. The molecule has 0 aliphatic rings. The first-order chi connectivity index (χ1) is 14.0. The molecule has 0 aliphatic carbocycles. The predicted molar refractivity (Wildman–Crippen MR) is 108 cm³/mol. The van der Waals surface area contributed by atoms with Gasteiger partial charge >= 0.3 is 5.97 Å². The van der Waals surface area contributed by atoms with Crippen LogP contribution in [-0.2, 0) is 21.8 Å². The zero-order chi connectivity index (χ0) is 20.6. The fourth-order valence-corrected chi connectivity index (χ4v) is 3.34. The van der Waals surface area contributed by atoms with E-state index in [9.17, 15) is 9.59 Å². The van der Waals surface area contributed by atoms with Crippen molar-refractivity contribution in [3.05, 3.63) is 76.9 Å². The summed E-state index contributed by atoms with van der Waals surface area (Å²) in [5.74, 6) is 0.559. The van der Waals surface area contributed by atoms with Gasteiger partial charge in [-0.15, -0.1) is 11.8 Å². The maximum Gasteiger partial charge on any atom is 0.339 e. The average molecular weight is 411 g/mol. The Labute approximate surface area is 172 Å². The van der Waals surface area contributed by atoms with E-state index in [1.54, 1.807) is 19.1 Å². The summed E-state index contributed by atoms with van der Waals surface area (Å²) < 4.78 is 10.3. The minimum absolute atomic E-state index is 0.341. The van der Waals surface area contributed by atoms with Crippen LogP contribution in [0.5, 0.6) is 0 Å². The van der Waals surface area contributed by atoms with Gasteiger partial charge in [0.1, 0.15) is 0 Å². The van der Waals surface area contributed by atoms with Crippen molar-refractivity contribution in [2.75, 3.05) is 6.61 Å². The SMILES string of the molecule is Cc1ccc(CNC(=O)COC(=O)c2ccccc2SCc2nc(C)no2)cc1. The molecule has 1 aromatic heterocycles. The highest BCUT2D eigenvalue weighted by atomic mass is 32.2. The molecule has 0 saturated heterocycles. The second-order valence-corrected chi connectivity index (χ2v) is 7.38. The number of amides is 1. The molecule has 0 radical (unpaired) electrons. The maximum absolute atomic E-state index is 12.4. The fraction of sp³-hybridized carbons (Fsp3) is 0.238. The fourth-order valence-electron chi connectivity index (χ4n) is 2.47. The number of esters is 1. The van der Waals surface area contributed by atoms with Crippen molar-refractivity contribution in [1.82, 2.24) is 15.5 Å².